The molecule has 2 rings (SSSR count). The molecule has 0 aliphatic heterocycles. The summed E-state index contributed by atoms with van der Waals surface area (Å²) in [7, 11) is 0. The van der Waals surface area contributed by atoms with Gasteiger partial charge in [-0.2, -0.15) is 0 Å². The van der Waals surface area contributed by atoms with Crippen molar-refractivity contribution in [1.29, 1.82) is 0 Å². The molecule has 1 aromatic carbocycles. The summed E-state index contributed by atoms with van der Waals surface area (Å²) < 4.78 is 1.18. The third-order valence-corrected chi connectivity index (χ3v) is 4.77. The quantitative estimate of drug-likeness (QED) is 0.829. The molecule has 3 heteroatoms. The Morgan fingerprint density at radius 3 is 2.40 bits per heavy atom. The molecule has 0 aromatic heterocycles. The van der Waals surface area contributed by atoms with E-state index in [0.717, 1.165) is 6.54 Å². The monoisotopic (exact) mass is 338 g/mol. The Hall–Kier alpha value is -0.540. The van der Waals surface area contributed by atoms with E-state index in [1.54, 1.807) is 0 Å². The number of anilines is 1. The van der Waals surface area contributed by atoms with Crippen molar-refractivity contribution in [2.75, 3.05) is 11.4 Å². The molecule has 0 unspecified atom stereocenters. The summed E-state index contributed by atoms with van der Waals surface area (Å²) in [6.07, 6.45) is 5.39. The molecule has 0 amide bonds. The number of halogens is 1. The molecule has 1 atom stereocenters. The third-order valence-electron chi connectivity index (χ3n) is 4.13. The Kier molecular flexibility index (Phi) is 5.50. The van der Waals surface area contributed by atoms with Crippen molar-refractivity contribution >= 4 is 21.6 Å². The molecule has 1 saturated carbocycles. The van der Waals surface area contributed by atoms with Gasteiger partial charge in [0.15, 0.2) is 0 Å². The Labute approximate surface area is 131 Å². The fourth-order valence-corrected chi connectivity index (χ4v) is 3.72. The Morgan fingerprint density at radius 1 is 1.25 bits per heavy atom. The molecule has 1 aliphatic carbocycles. The van der Waals surface area contributed by atoms with Crippen LogP contribution >= 0.6 is 15.9 Å². The van der Waals surface area contributed by atoms with Crippen LogP contribution in [0.4, 0.5) is 5.69 Å². The number of hydrogen-bond donors (Lipinski definition) is 1. The summed E-state index contributed by atoms with van der Waals surface area (Å²) in [5.74, 6) is 0.676. The Balaban J connectivity index is 2.27. The van der Waals surface area contributed by atoms with Crippen LogP contribution in [0.15, 0.2) is 22.7 Å². The lowest BCUT2D eigenvalue weighted by molar-refractivity contribution is 0.535. The molecule has 112 valence electrons. The predicted octanol–water partition coefficient (Wildman–Crippen LogP) is 4.87. The molecule has 0 saturated heterocycles. The molecule has 1 aromatic rings. The van der Waals surface area contributed by atoms with E-state index in [9.17, 15) is 0 Å². The molecule has 0 spiro atoms. The van der Waals surface area contributed by atoms with Gasteiger partial charge >= 0.3 is 0 Å². The lowest BCUT2D eigenvalue weighted by Gasteiger charge is -2.34. The second-order valence-electron chi connectivity index (χ2n) is 6.48. The van der Waals surface area contributed by atoms with E-state index in [-0.39, 0.29) is 6.04 Å². The van der Waals surface area contributed by atoms with Gasteiger partial charge < -0.3 is 10.6 Å². The van der Waals surface area contributed by atoms with E-state index in [0.29, 0.717) is 12.0 Å². The summed E-state index contributed by atoms with van der Waals surface area (Å²) in [5, 5.41) is 0. The highest BCUT2D eigenvalue weighted by atomic mass is 79.9. The predicted molar refractivity (Wildman–Crippen MR) is 91.2 cm³/mol. The molecule has 20 heavy (non-hydrogen) atoms. The number of nitrogens with two attached hydrogens (primary N) is 1. The van der Waals surface area contributed by atoms with Crippen LogP contribution in [0, 0.1) is 5.92 Å². The van der Waals surface area contributed by atoms with Crippen molar-refractivity contribution in [2.45, 2.75) is 58.5 Å². The maximum atomic E-state index is 5.98. The first-order valence-electron chi connectivity index (χ1n) is 7.80. The third kappa shape index (κ3) is 3.76. The number of benzene rings is 1. The average molecular weight is 339 g/mol. The van der Waals surface area contributed by atoms with Crippen molar-refractivity contribution in [3.63, 3.8) is 0 Å². The fourth-order valence-electron chi connectivity index (χ4n) is 3.09. The zero-order chi connectivity index (χ0) is 14.7. The van der Waals surface area contributed by atoms with Gasteiger partial charge in [0, 0.05) is 23.1 Å². The van der Waals surface area contributed by atoms with Crippen LogP contribution in [0.25, 0.3) is 0 Å². The molecule has 1 fully saturated rings. The summed E-state index contributed by atoms with van der Waals surface area (Å²) >= 11 is 3.76. The molecular weight excluding hydrogens is 312 g/mol. The highest BCUT2D eigenvalue weighted by Crippen LogP contribution is 2.35. The smallest absolute Gasteiger partial charge is 0.0513 e. The van der Waals surface area contributed by atoms with E-state index in [4.69, 9.17) is 5.73 Å². The standard InChI is InChI=1S/C17H27BrN2/c1-12(2)11-20(15-6-4-5-7-15)17-9-8-14(13(3)19)10-16(17)18/h8-10,12-13,15H,4-7,11,19H2,1-3H3/t13-/m0/s1. The van der Waals surface area contributed by atoms with E-state index < -0.39 is 0 Å². The molecular formula is C17H27BrN2. The van der Waals surface area contributed by atoms with E-state index in [2.05, 4.69) is 52.9 Å². The van der Waals surface area contributed by atoms with Crippen LogP contribution in [0.2, 0.25) is 0 Å². The summed E-state index contributed by atoms with van der Waals surface area (Å²) in [6.45, 7) is 7.75. The number of hydrogen-bond acceptors (Lipinski definition) is 2. The topological polar surface area (TPSA) is 29.3 Å². The molecule has 0 bridgehead atoms. The van der Waals surface area contributed by atoms with E-state index in [1.807, 2.05) is 6.92 Å². The zero-order valence-electron chi connectivity index (χ0n) is 12.9. The molecule has 1 aliphatic rings. The Morgan fingerprint density at radius 2 is 1.90 bits per heavy atom. The first-order valence-corrected chi connectivity index (χ1v) is 8.60. The van der Waals surface area contributed by atoms with Crippen LogP contribution in [0.3, 0.4) is 0 Å². The van der Waals surface area contributed by atoms with Crippen molar-refractivity contribution in [2.24, 2.45) is 11.7 Å². The second-order valence-corrected chi connectivity index (χ2v) is 7.34. The molecule has 0 radical (unpaired) electrons. The number of rotatable bonds is 5. The van der Waals surface area contributed by atoms with Gasteiger partial charge in [-0.05, 0) is 59.3 Å². The fraction of sp³-hybridized carbons (Fsp3) is 0.647. The summed E-state index contributed by atoms with van der Waals surface area (Å²) in [6, 6.07) is 7.39. The highest BCUT2D eigenvalue weighted by Gasteiger charge is 2.24. The molecule has 2 nitrogen and oxygen atoms in total. The van der Waals surface area contributed by atoms with E-state index >= 15 is 0 Å². The molecule has 2 N–H and O–H groups in total. The minimum absolute atomic E-state index is 0.0883. The minimum atomic E-state index is 0.0883. The maximum absolute atomic E-state index is 5.98. The first-order chi connectivity index (χ1) is 9.49. The van der Waals surface area contributed by atoms with Crippen molar-refractivity contribution in [3.05, 3.63) is 28.2 Å². The Bertz CT molecular complexity index is 437. The van der Waals surface area contributed by atoms with Gasteiger partial charge in [0.1, 0.15) is 0 Å². The summed E-state index contributed by atoms with van der Waals surface area (Å²) in [5.41, 5.74) is 8.50. The normalized spacial score (nSPS) is 17.7. The lowest BCUT2D eigenvalue weighted by Crippen LogP contribution is -2.36. The van der Waals surface area contributed by atoms with Crippen LogP contribution in [-0.2, 0) is 0 Å². The van der Waals surface area contributed by atoms with Crippen molar-refractivity contribution < 1.29 is 0 Å². The zero-order valence-corrected chi connectivity index (χ0v) is 14.5. The van der Waals surface area contributed by atoms with Gasteiger partial charge in [-0.1, -0.05) is 32.8 Å². The van der Waals surface area contributed by atoms with Gasteiger partial charge in [0.2, 0.25) is 0 Å². The van der Waals surface area contributed by atoms with E-state index in [1.165, 1.54) is 41.4 Å². The van der Waals surface area contributed by atoms with Crippen molar-refractivity contribution in [1.82, 2.24) is 0 Å². The van der Waals surface area contributed by atoms with Crippen LogP contribution in [-0.4, -0.2) is 12.6 Å². The lowest BCUT2D eigenvalue weighted by atomic mass is 10.1. The van der Waals surface area contributed by atoms with Gasteiger partial charge in [0.25, 0.3) is 0 Å². The highest BCUT2D eigenvalue weighted by molar-refractivity contribution is 9.10. The number of nitrogens with zero attached hydrogens (tertiary/aromatic N) is 1. The van der Waals surface area contributed by atoms with Crippen LogP contribution in [0.5, 0.6) is 0 Å². The largest absolute Gasteiger partial charge is 0.367 e. The first kappa shape index (κ1) is 15.8. The minimum Gasteiger partial charge on any atom is -0.367 e. The van der Waals surface area contributed by atoms with Gasteiger partial charge in [-0.15, -0.1) is 0 Å². The second kappa shape index (κ2) is 6.95. The van der Waals surface area contributed by atoms with Crippen LogP contribution in [0.1, 0.15) is 58.1 Å². The maximum Gasteiger partial charge on any atom is 0.0513 e. The molecule has 0 heterocycles. The summed E-state index contributed by atoms with van der Waals surface area (Å²) in [4.78, 5) is 2.60. The SMILES string of the molecule is CC(C)CN(c1ccc([C@H](C)N)cc1Br)C1CCCC1. The van der Waals surface area contributed by atoms with Gasteiger partial charge in [0.05, 0.1) is 5.69 Å². The van der Waals surface area contributed by atoms with Gasteiger partial charge in [-0.25, -0.2) is 0 Å². The van der Waals surface area contributed by atoms with Gasteiger partial charge in [-0.3, -0.25) is 0 Å². The average Bonchev–Trinajstić information content (AvgIpc) is 2.89. The van der Waals surface area contributed by atoms with Crippen molar-refractivity contribution in [3.8, 4) is 0 Å². The van der Waals surface area contributed by atoms with Crippen LogP contribution < -0.4 is 10.6 Å².